The van der Waals surface area contributed by atoms with Crippen molar-refractivity contribution in [1.82, 2.24) is 0 Å². The molecule has 1 amide bonds. The van der Waals surface area contributed by atoms with Crippen LogP contribution >= 0.6 is 0 Å². The Kier molecular flexibility index (Phi) is 7.71. The number of nitrogens with one attached hydrogen (secondary N) is 1. The fraction of sp³-hybridized carbons (Fsp3) is 0.167. The van der Waals surface area contributed by atoms with Gasteiger partial charge >= 0.3 is 5.97 Å². The quantitative estimate of drug-likeness (QED) is 0.141. The van der Waals surface area contributed by atoms with Crippen LogP contribution in [0.25, 0.3) is 6.08 Å². The second-order valence-electron chi connectivity index (χ2n) is 12.6. The highest BCUT2D eigenvalue weighted by Gasteiger charge is 2.71. The van der Waals surface area contributed by atoms with E-state index in [-0.39, 0.29) is 11.5 Å². The molecule has 1 saturated heterocycles. The molecule has 0 bridgehead atoms. The van der Waals surface area contributed by atoms with Gasteiger partial charge in [0.1, 0.15) is 11.5 Å². The van der Waals surface area contributed by atoms with E-state index in [0.29, 0.717) is 22.7 Å². The van der Waals surface area contributed by atoms with E-state index in [4.69, 9.17) is 14.2 Å². The number of nitrogens with zero attached hydrogens (tertiary/aromatic N) is 1. The minimum atomic E-state index is -1.48. The highest BCUT2D eigenvalue weighted by atomic mass is 16.5. The van der Waals surface area contributed by atoms with Gasteiger partial charge < -0.3 is 24.4 Å². The van der Waals surface area contributed by atoms with Crippen molar-refractivity contribution in [3.8, 4) is 11.5 Å². The number of ether oxygens (including phenoxy) is 3. The normalized spacial score (nSPS) is 21.3. The molecular weight excluding hydrogens is 628 g/mol. The van der Waals surface area contributed by atoms with Gasteiger partial charge in [-0.25, -0.2) is 4.79 Å². The molecule has 8 nitrogen and oxygen atoms in total. The molecule has 0 aromatic heterocycles. The van der Waals surface area contributed by atoms with Gasteiger partial charge in [-0.15, -0.1) is 0 Å². The topological polar surface area (TPSA) is 94.2 Å². The predicted octanol–water partition coefficient (Wildman–Crippen LogP) is 7.01. The Morgan fingerprint density at radius 1 is 0.760 bits per heavy atom. The van der Waals surface area contributed by atoms with Crippen LogP contribution in [0.2, 0.25) is 0 Å². The number of methoxy groups -OCH3 is 2. The highest BCUT2D eigenvalue weighted by Crippen LogP contribution is 2.58. The largest absolute Gasteiger partial charge is 0.493 e. The summed E-state index contributed by atoms with van der Waals surface area (Å²) in [5.41, 5.74) is 3.22. The van der Waals surface area contributed by atoms with Gasteiger partial charge in [-0.1, -0.05) is 109 Å². The van der Waals surface area contributed by atoms with Gasteiger partial charge in [0, 0.05) is 16.9 Å². The minimum Gasteiger partial charge on any atom is -0.493 e. The first-order valence-corrected chi connectivity index (χ1v) is 16.5. The molecule has 4 atom stereocenters. The van der Waals surface area contributed by atoms with Crippen LogP contribution in [0.3, 0.4) is 0 Å². The molecular formula is C42H34N2O6. The third-order valence-electron chi connectivity index (χ3n) is 10.2. The van der Waals surface area contributed by atoms with E-state index in [9.17, 15) is 4.79 Å². The number of esters is 1. The van der Waals surface area contributed by atoms with Crippen molar-refractivity contribution in [1.29, 1.82) is 0 Å². The number of hydrogen-bond acceptors (Lipinski definition) is 7. The van der Waals surface area contributed by atoms with Crippen LogP contribution in [0.1, 0.15) is 38.7 Å². The number of Topliss-reactive ketones (excluding diaryl/α,β-unsaturated/α-hetero) is 1. The fourth-order valence-electron chi connectivity index (χ4n) is 8.03. The number of amides is 1. The zero-order valence-corrected chi connectivity index (χ0v) is 27.5. The summed E-state index contributed by atoms with van der Waals surface area (Å²) >= 11 is 0. The molecule has 3 aliphatic rings. The first-order chi connectivity index (χ1) is 24.5. The van der Waals surface area contributed by atoms with E-state index >= 15 is 9.59 Å². The summed E-state index contributed by atoms with van der Waals surface area (Å²) in [7, 11) is 3.02. The van der Waals surface area contributed by atoms with Crippen molar-refractivity contribution in [3.63, 3.8) is 0 Å². The molecule has 1 fully saturated rings. The average Bonchev–Trinajstić information content (AvgIpc) is 3.65. The van der Waals surface area contributed by atoms with E-state index in [1.807, 2.05) is 126 Å². The van der Waals surface area contributed by atoms with Crippen LogP contribution < -0.4 is 19.7 Å². The number of rotatable bonds is 8. The lowest BCUT2D eigenvalue weighted by Crippen LogP contribution is -2.51. The number of anilines is 2. The molecule has 3 heterocycles. The Bertz CT molecular complexity index is 2110. The fourth-order valence-corrected chi connectivity index (χ4v) is 8.03. The van der Waals surface area contributed by atoms with Gasteiger partial charge in [0.25, 0.3) is 0 Å². The van der Waals surface area contributed by atoms with Crippen molar-refractivity contribution >= 4 is 35.1 Å². The molecule has 50 heavy (non-hydrogen) atoms. The third kappa shape index (κ3) is 4.70. The van der Waals surface area contributed by atoms with E-state index in [2.05, 4.69) is 5.32 Å². The molecule has 248 valence electrons. The van der Waals surface area contributed by atoms with Gasteiger partial charge in [0.15, 0.2) is 23.4 Å². The zero-order valence-electron chi connectivity index (χ0n) is 27.5. The lowest BCUT2D eigenvalue weighted by atomic mass is 9.64. The van der Waals surface area contributed by atoms with Crippen LogP contribution in [-0.2, 0) is 19.7 Å². The van der Waals surface area contributed by atoms with Crippen LogP contribution in [0.5, 0.6) is 11.5 Å². The molecule has 3 aliphatic heterocycles. The number of para-hydroxylation sites is 2. The maximum absolute atomic E-state index is 15.3. The number of carbonyl (C=O) groups is 3. The molecule has 1 N–H and O–H groups in total. The summed E-state index contributed by atoms with van der Waals surface area (Å²) in [5, 5.41) is 3.07. The van der Waals surface area contributed by atoms with E-state index in [0.717, 1.165) is 22.4 Å². The molecule has 0 unspecified atom stereocenters. The van der Waals surface area contributed by atoms with Crippen molar-refractivity contribution in [3.05, 3.63) is 161 Å². The van der Waals surface area contributed by atoms with Crippen LogP contribution in [0, 0.1) is 5.92 Å². The summed E-state index contributed by atoms with van der Waals surface area (Å²) < 4.78 is 17.6. The Labute approximate surface area is 289 Å². The maximum Gasteiger partial charge on any atom is 0.330 e. The summed E-state index contributed by atoms with van der Waals surface area (Å²) in [6.45, 7) is 0. The first kappa shape index (κ1) is 31.1. The van der Waals surface area contributed by atoms with Crippen molar-refractivity contribution in [2.45, 2.75) is 23.6 Å². The first-order valence-electron chi connectivity index (χ1n) is 16.5. The van der Waals surface area contributed by atoms with Gasteiger partial charge in [-0.05, 0) is 52.6 Å². The molecule has 5 aromatic carbocycles. The predicted molar refractivity (Wildman–Crippen MR) is 190 cm³/mol. The summed E-state index contributed by atoms with van der Waals surface area (Å²) in [6, 6.07) is 37.2. The van der Waals surface area contributed by atoms with Gasteiger partial charge in [0.05, 0.1) is 26.2 Å². The second-order valence-corrected chi connectivity index (χ2v) is 12.6. The van der Waals surface area contributed by atoms with Crippen LogP contribution in [-0.4, -0.2) is 44.0 Å². The third-order valence-corrected chi connectivity index (χ3v) is 10.2. The van der Waals surface area contributed by atoms with E-state index in [1.165, 1.54) is 14.2 Å². The van der Waals surface area contributed by atoms with Crippen LogP contribution in [0.15, 0.2) is 133 Å². The van der Waals surface area contributed by atoms with Crippen molar-refractivity contribution in [2.24, 2.45) is 5.92 Å². The van der Waals surface area contributed by atoms with Gasteiger partial charge in [0.2, 0.25) is 5.91 Å². The Balaban J connectivity index is 1.36. The molecule has 5 aromatic rings. The van der Waals surface area contributed by atoms with Crippen molar-refractivity contribution < 1.29 is 28.6 Å². The minimum absolute atomic E-state index is 0.279. The average molecular weight is 663 g/mol. The van der Waals surface area contributed by atoms with E-state index < -0.39 is 41.3 Å². The molecule has 8 heteroatoms. The molecule has 0 saturated carbocycles. The molecule has 8 rings (SSSR count). The van der Waals surface area contributed by atoms with Gasteiger partial charge in [-0.3, -0.25) is 9.59 Å². The monoisotopic (exact) mass is 662 g/mol. The zero-order chi connectivity index (χ0) is 34.4. The highest BCUT2D eigenvalue weighted by molar-refractivity contribution is 6.16. The summed E-state index contributed by atoms with van der Waals surface area (Å²) in [5.74, 6) is -1.76. The van der Waals surface area contributed by atoms with Crippen LogP contribution in [0.4, 0.5) is 11.4 Å². The SMILES string of the molecule is COc1ccc(C(=O)[C@H]2[C@@H](C(=O)OC(c3ccccc3)c3ccccc3)N3c4ccccc4C=C[C@@H]3[C@]23C(=O)Nc2ccccc23)cc1OC. The Morgan fingerprint density at radius 2 is 1.40 bits per heavy atom. The number of ketones is 1. The van der Waals surface area contributed by atoms with E-state index in [1.54, 1.807) is 18.2 Å². The number of carbonyl (C=O) groups excluding carboxylic acids is 3. The number of hydrogen-bond donors (Lipinski definition) is 1. The smallest absolute Gasteiger partial charge is 0.330 e. The number of benzene rings is 5. The van der Waals surface area contributed by atoms with Gasteiger partial charge in [-0.2, -0.15) is 0 Å². The lowest BCUT2D eigenvalue weighted by molar-refractivity contribution is -0.150. The maximum atomic E-state index is 15.3. The molecule has 0 aliphatic carbocycles. The lowest BCUT2D eigenvalue weighted by Gasteiger charge is -2.37. The molecule has 1 spiro atoms. The second kappa shape index (κ2) is 12.4. The summed E-state index contributed by atoms with van der Waals surface area (Å²) in [6.07, 6.45) is 3.14. The summed E-state index contributed by atoms with van der Waals surface area (Å²) in [4.78, 5) is 47.1. The Morgan fingerprint density at radius 3 is 2.10 bits per heavy atom. The number of fused-ring (bicyclic) bond motifs is 6. The standard InChI is InChI=1S/C42H34N2O6/c1-48-33-23-21-29(25-34(33)49-2)38(45)36-37(40(46)50-39(27-14-5-3-6-15-27)28-16-7-4-8-17-28)44-32-20-12-9-13-26(32)22-24-35(44)42(36)30-18-10-11-19-31(30)43-41(42)47/h3-25,35-37,39H,1-2H3,(H,43,47)/t35-,36-,37+,42+/m1/s1. The Hall–Kier alpha value is -6.15. The van der Waals surface area contributed by atoms with Crippen molar-refractivity contribution in [2.75, 3.05) is 24.4 Å². The molecule has 0 radical (unpaired) electrons.